The van der Waals surface area contributed by atoms with E-state index in [9.17, 15) is 18.5 Å². The normalized spacial score (nSPS) is 20.2. The van der Waals surface area contributed by atoms with Gasteiger partial charge in [0.25, 0.3) is 0 Å². The number of carbonyl (C=O) groups is 1. The summed E-state index contributed by atoms with van der Waals surface area (Å²) in [7, 11) is -3.61. The second kappa shape index (κ2) is 7.19. The highest BCUT2D eigenvalue weighted by Gasteiger charge is 2.45. The molecule has 7 heteroatoms. The highest BCUT2D eigenvalue weighted by atomic mass is 32.2. The zero-order valence-electron chi connectivity index (χ0n) is 15.7. The number of amides is 1. The molecule has 1 aliphatic heterocycles. The summed E-state index contributed by atoms with van der Waals surface area (Å²) < 4.78 is 27.5. The van der Waals surface area contributed by atoms with Gasteiger partial charge >= 0.3 is 0 Å². The number of fused-ring (bicyclic) bond motifs is 1. The van der Waals surface area contributed by atoms with Crippen LogP contribution in [0.25, 0.3) is 10.8 Å². The number of carbonyl (C=O) groups excluding carboxylic acids is 1. The van der Waals surface area contributed by atoms with Crippen LogP contribution in [0.2, 0.25) is 0 Å². The fourth-order valence-electron chi connectivity index (χ4n) is 4.26. The van der Waals surface area contributed by atoms with Crippen LogP contribution in [0, 0.1) is 16.7 Å². The van der Waals surface area contributed by atoms with E-state index in [2.05, 4.69) is 6.07 Å². The summed E-state index contributed by atoms with van der Waals surface area (Å²) in [5, 5.41) is 11.4. The molecular weight excluding hydrogens is 374 g/mol. The number of nitrogens with zero attached hydrogens (tertiary/aromatic N) is 3. The third-order valence-corrected chi connectivity index (χ3v) is 7.86. The van der Waals surface area contributed by atoms with Crippen molar-refractivity contribution in [3.8, 4) is 6.07 Å². The van der Waals surface area contributed by atoms with Crippen LogP contribution in [0.3, 0.4) is 0 Å². The maximum absolute atomic E-state index is 13.1. The Bertz CT molecular complexity index is 1040. The number of piperazine rings is 1. The van der Waals surface area contributed by atoms with Crippen molar-refractivity contribution in [2.75, 3.05) is 26.2 Å². The Balaban J connectivity index is 1.49. The second-order valence-corrected chi connectivity index (χ2v) is 9.54. The Labute approximate surface area is 165 Å². The molecule has 0 radical (unpaired) electrons. The largest absolute Gasteiger partial charge is 0.339 e. The van der Waals surface area contributed by atoms with Gasteiger partial charge in [-0.2, -0.15) is 9.57 Å². The van der Waals surface area contributed by atoms with Crippen molar-refractivity contribution in [3.05, 3.63) is 42.5 Å². The average molecular weight is 398 g/mol. The van der Waals surface area contributed by atoms with Gasteiger partial charge in [-0.25, -0.2) is 8.42 Å². The Hall–Kier alpha value is -2.43. The first-order chi connectivity index (χ1) is 13.5. The Morgan fingerprint density at radius 2 is 1.61 bits per heavy atom. The molecule has 2 fully saturated rings. The SMILES string of the molecule is N#CC1(C(=O)N2CCN(S(=O)(=O)c3ccc4ccccc4c3)CC2)CCCC1. The summed E-state index contributed by atoms with van der Waals surface area (Å²) in [4.78, 5) is 14.8. The minimum atomic E-state index is -3.61. The second-order valence-electron chi connectivity index (χ2n) is 7.61. The molecule has 0 bridgehead atoms. The van der Waals surface area contributed by atoms with Crippen molar-refractivity contribution < 1.29 is 13.2 Å². The van der Waals surface area contributed by atoms with Crippen LogP contribution in [0.1, 0.15) is 25.7 Å². The molecule has 1 aliphatic carbocycles. The molecular formula is C21H23N3O3S. The summed E-state index contributed by atoms with van der Waals surface area (Å²) in [5.41, 5.74) is -0.903. The molecule has 4 rings (SSSR count). The third-order valence-electron chi connectivity index (χ3n) is 5.97. The lowest BCUT2D eigenvalue weighted by atomic mass is 9.86. The van der Waals surface area contributed by atoms with E-state index < -0.39 is 15.4 Å². The van der Waals surface area contributed by atoms with Gasteiger partial charge in [-0.3, -0.25) is 4.79 Å². The minimum absolute atomic E-state index is 0.129. The van der Waals surface area contributed by atoms with Gasteiger partial charge in [0.2, 0.25) is 15.9 Å². The maximum Gasteiger partial charge on any atom is 0.243 e. The van der Waals surface area contributed by atoms with Crippen LogP contribution in [0.5, 0.6) is 0 Å². The van der Waals surface area contributed by atoms with Crippen LogP contribution in [-0.4, -0.2) is 49.7 Å². The van der Waals surface area contributed by atoms with Gasteiger partial charge < -0.3 is 4.90 Å². The topological polar surface area (TPSA) is 81.5 Å². The predicted octanol–water partition coefficient (Wildman–Crippen LogP) is 2.76. The molecule has 1 saturated heterocycles. The van der Waals surface area contributed by atoms with Crippen molar-refractivity contribution in [2.45, 2.75) is 30.6 Å². The lowest BCUT2D eigenvalue weighted by molar-refractivity contribution is -0.140. The number of benzene rings is 2. The van der Waals surface area contributed by atoms with Crippen LogP contribution in [-0.2, 0) is 14.8 Å². The molecule has 0 atom stereocenters. The van der Waals surface area contributed by atoms with Crippen molar-refractivity contribution in [1.82, 2.24) is 9.21 Å². The first kappa shape index (κ1) is 18.9. The van der Waals surface area contributed by atoms with Gasteiger partial charge in [0, 0.05) is 26.2 Å². The molecule has 1 heterocycles. The molecule has 6 nitrogen and oxygen atoms in total. The summed E-state index contributed by atoms with van der Waals surface area (Å²) in [6.07, 6.45) is 3.01. The van der Waals surface area contributed by atoms with Gasteiger partial charge in [0.05, 0.1) is 11.0 Å². The van der Waals surface area contributed by atoms with E-state index in [1.165, 1.54) is 4.31 Å². The van der Waals surface area contributed by atoms with E-state index in [0.717, 1.165) is 23.6 Å². The van der Waals surface area contributed by atoms with E-state index in [4.69, 9.17) is 0 Å². The van der Waals surface area contributed by atoms with Crippen LogP contribution in [0.15, 0.2) is 47.4 Å². The molecule has 0 aromatic heterocycles. The lowest BCUT2D eigenvalue weighted by Crippen LogP contribution is -2.53. The highest BCUT2D eigenvalue weighted by Crippen LogP contribution is 2.39. The van der Waals surface area contributed by atoms with Crippen LogP contribution in [0.4, 0.5) is 0 Å². The zero-order chi connectivity index (χ0) is 19.8. The number of nitriles is 1. The van der Waals surface area contributed by atoms with E-state index in [1.54, 1.807) is 17.0 Å². The van der Waals surface area contributed by atoms with Crippen LogP contribution >= 0.6 is 0 Å². The fourth-order valence-corrected chi connectivity index (χ4v) is 5.72. The summed E-state index contributed by atoms with van der Waals surface area (Å²) in [6.45, 7) is 1.16. The quantitative estimate of drug-likeness (QED) is 0.797. The molecule has 146 valence electrons. The minimum Gasteiger partial charge on any atom is -0.339 e. The monoisotopic (exact) mass is 397 g/mol. The van der Waals surface area contributed by atoms with E-state index in [1.807, 2.05) is 30.3 Å². The number of rotatable bonds is 3. The Morgan fingerprint density at radius 3 is 2.25 bits per heavy atom. The summed E-state index contributed by atoms with van der Waals surface area (Å²) in [6, 6.07) is 15.0. The first-order valence-corrected chi connectivity index (χ1v) is 11.1. The van der Waals surface area contributed by atoms with Crippen molar-refractivity contribution in [1.29, 1.82) is 5.26 Å². The van der Waals surface area contributed by atoms with Crippen LogP contribution < -0.4 is 0 Å². The smallest absolute Gasteiger partial charge is 0.243 e. The summed E-state index contributed by atoms with van der Waals surface area (Å²) in [5.74, 6) is -0.129. The lowest BCUT2D eigenvalue weighted by Gasteiger charge is -2.37. The first-order valence-electron chi connectivity index (χ1n) is 9.66. The highest BCUT2D eigenvalue weighted by molar-refractivity contribution is 7.89. The standard InChI is InChI=1S/C21H23N3O3S/c22-16-21(9-3-4-10-21)20(25)23-11-13-24(14-12-23)28(26,27)19-8-7-17-5-1-2-6-18(17)15-19/h1-2,5-8,15H,3-4,9-14H2. The van der Waals surface area contributed by atoms with Crippen molar-refractivity contribution in [3.63, 3.8) is 0 Å². The van der Waals surface area contributed by atoms with Gasteiger partial charge in [0.1, 0.15) is 5.41 Å². The van der Waals surface area contributed by atoms with Crippen molar-refractivity contribution in [2.24, 2.45) is 5.41 Å². The molecule has 2 aromatic carbocycles. The molecule has 0 spiro atoms. The van der Waals surface area contributed by atoms with Gasteiger partial charge in [-0.15, -0.1) is 0 Å². The summed E-state index contributed by atoms with van der Waals surface area (Å²) >= 11 is 0. The molecule has 2 aromatic rings. The van der Waals surface area contributed by atoms with E-state index >= 15 is 0 Å². The Kier molecular flexibility index (Phi) is 4.86. The average Bonchev–Trinajstić information content (AvgIpc) is 3.23. The predicted molar refractivity (Wildman–Crippen MR) is 106 cm³/mol. The fraction of sp³-hybridized carbons (Fsp3) is 0.429. The maximum atomic E-state index is 13.1. The molecule has 1 amide bonds. The van der Waals surface area contributed by atoms with E-state index in [-0.39, 0.29) is 23.9 Å². The number of hydrogen-bond donors (Lipinski definition) is 0. The van der Waals surface area contributed by atoms with Crippen molar-refractivity contribution >= 4 is 26.7 Å². The molecule has 0 unspecified atom stereocenters. The Morgan fingerprint density at radius 1 is 0.964 bits per heavy atom. The number of sulfonamides is 1. The zero-order valence-corrected chi connectivity index (χ0v) is 16.5. The third kappa shape index (κ3) is 3.17. The van der Waals surface area contributed by atoms with Gasteiger partial charge in [-0.1, -0.05) is 43.2 Å². The number of hydrogen-bond acceptors (Lipinski definition) is 4. The van der Waals surface area contributed by atoms with Gasteiger partial charge in [0.15, 0.2) is 0 Å². The van der Waals surface area contributed by atoms with E-state index in [0.29, 0.717) is 25.9 Å². The molecule has 1 saturated carbocycles. The molecule has 2 aliphatic rings. The molecule has 0 N–H and O–H groups in total. The van der Waals surface area contributed by atoms with Gasteiger partial charge in [-0.05, 0) is 35.7 Å². The molecule has 28 heavy (non-hydrogen) atoms.